The standard InChI is InChI=1S/C26H27N5O3/c1-18-5-7-27-17-22(18)23-15-19-6-8-28-26(32)24(19)25(30-23)29-20-3-2-4-21(16-20)34-14-11-31-9-12-33-13-10-31/h2-8,15-17H,9-14H2,1H3,(H,28,32)(H,29,30). The van der Waals surface area contributed by atoms with Crippen molar-refractivity contribution in [3.8, 4) is 17.0 Å². The number of hydrogen-bond donors (Lipinski definition) is 2. The number of fused-ring (bicyclic) bond motifs is 1. The van der Waals surface area contributed by atoms with E-state index in [0.717, 1.165) is 66.5 Å². The summed E-state index contributed by atoms with van der Waals surface area (Å²) in [5.41, 5.74) is 3.34. The predicted octanol–water partition coefficient (Wildman–Crippen LogP) is 3.75. The van der Waals surface area contributed by atoms with Gasteiger partial charge in [0.05, 0.1) is 24.3 Å². The Morgan fingerprint density at radius 3 is 2.91 bits per heavy atom. The second-order valence-corrected chi connectivity index (χ2v) is 8.27. The van der Waals surface area contributed by atoms with Gasteiger partial charge in [0.2, 0.25) is 0 Å². The number of benzene rings is 1. The van der Waals surface area contributed by atoms with Gasteiger partial charge in [0.15, 0.2) is 0 Å². The van der Waals surface area contributed by atoms with Crippen LogP contribution >= 0.6 is 0 Å². The number of pyridine rings is 3. The van der Waals surface area contributed by atoms with E-state index in [-0.39, 0.29) is 5.56 Å². The molecule has 8 nitrogen and oxygen atoms in total. The molecule has 1 saturated heterocycles. The maximum Gasteiger partial charge on any atom is 0.259 e. The second kappa shape index (κ2) is 10.0. The third kappa shape index (κ3) is 4.93. The first-order chi connectivity index (χ1) is 16.7. The number of rotatable bonds is 7. The monoisotopic (exact) mass is 457 g/mol. The molecule has 8 heteroatoms. The molecule has 0 atom stereocenters. The molecule has 1 aromatic carbocycles. The van der Waals surface area contributed by atoms with Gasteiger partial charge < -0.3 is 19.8 Å². The highest BCUT2D eigenvalue weighted by atomic mass is 16.5. The van der Waals surface area contributed by atoms with Gasteiger partial charge in [-0.3, -0.25) is 14.7 Å². The number of morpholine rings is 1. The van der Waals surface area contributed by atoms with Crippen molar-refractivity contribution >= 4 is 22.3 Å². The molecule has 0 amide bonds. The Kier molecular flexibility index (Phi) is 6.51. The minimum Gasteiger partial charge on any atom is -0.492 e. The second-order valence-electron chi connectivity index (χ2n) is 8.27. The fraction of sp³-hybridized carbons (Fsp3) is 0.269. The van der Waals surface area contributed by atoms with Gasteiger partial charge in [0.25, 0.3) is 5.56 Å². The summed E-state index contributed by atoms with van der Waals surface area (Å²) in [6, 6.07) is 13.5. The number of nitrogens with zero attached hydrogens (tertiary/aromatic N) is 3. The van der Waals surface area contributed by atoms with Gasteiger partial charge >= 0.3 is 0 Å². The molecule has 0 spiro atoms. The van der Waals surface area contributed by atoms with Crippen molar-refractivity contribution in [1.82, 2.24) is 19.9 Å². The molecule has 0 bridgehead atoms. The summed E-state index contributed by atoms with van der Waals surface area (Å²) in [6.07, 6.45) is 5.20. The molecule has 1 fully saturated rings. The molecule has 4 heterocycles. The Morgan fingerprint density at radius 2 is 2.06 bits per heavy atom. The van der Waals surface area contributed by atoms with Crippen molar-refractivity contribution in [2.45, 2.75) is 6.92 Å². The SMILES string of the molecule is Cc1ccncc1-c1cc2cc[nH]c(=O)c2c(Nc2cccc(OCCN3CCOCC3)c2)n1. The molecule has 0 radical (unpaired) electrons. The summed E-state index contributed by atoms with van der Waals surface area (Å²) in [6.45, 7) is 6.89. The van der Waals surface area contributed by atoms with E-state index in [4.69, 9.17) is 14.5 Å². The van der Waals surface area contributed by atoms with Crippen LogP contribution in [0.3, 0.4) is 0 Å². The Bertz CT molecular complexity index is 1350. The van der Waals surface area contributed by atoms with E-state index in [1.54, 1.807) is 18.6 Å². The third-order valence-electron chi connectivity index (χ3n) is 5.95. The van der Waals surface area contributed by atoms with Gasteiger partial charge in [-0.05, 0) is 48.2 Å². The van der Waals surface area contributed by atoms with Gasteiger partial charge in [-0.2, -0.15) is 0 Å². The van der Waals surface area contributed by atoms with Crippen molar-refractivity contribution in [2.24, 2.45) is 0 Å². The zero-order valence-corrected chi connectivity index (χ0v) is 19.1. The normalized spacial score (nSPS) is 14.3. The number of nitrogens with one attached hydrogen (secondary N) is 2. The fourth-order valence-electron chi connectivity index (χ4n) is 4.09. The zero-order chi connectivity index (χ0) is 23.3. The van der Waals surface area contributed by atoms with Crippen LogP contribution in [-0.4, -0.2) is 59.3 Å². The molecule has 4 aromatic rings. The van der Waals surface area contributed by atoms with Crippen molar-refractivity contribution in [1.29, 1.82) is 0 Å². The largest absolute Gasteiger partial charge is 0.492 e. The summed E-state index contributed by atoms with van der Waals surface area (Å²) in [7, 11) is 0. The molecular weight excluding hydrogens is 430 g/mol. The first-order valence-electron chi connectivity index (χ1n) is 11.4. The molecule has 0 saturated carbocycles. The van der Waals surface area contributed by atoms with Gasteiger partial charge in [-0.15, -0.1) is 0 Å². The average Bonchev–Trinajstić information content (AvgIpc) is 2.85. The zero-order valence-electron chi connectivity index (χ0n) is 19.1. The Balaban J connectivity index is 1.41. The summed E-state index contributed by atoms with van der Waals surface area (Å²) in [5.74, 6) is 1.25. The van der Waals surface area contributed by atoms with E-state index < -0.39 is 0 Å². The van der Waals surface area contributed by atoms with E-state index in [1.165, 1.54) is 0 Å². The Hall–Kier alpha value is -3.75. The molecule has 3 aromatic heterocycles. The summed E-state index contributed by atoms with van der Waals surface area (Å²) < 4.78 is 11.4. The van der Waals surface area contributed by atoms with E-state index in [1.807, 2.05) is 49.4 Å². The highest BCUT2D eigenvalue weighted by molar-refractivity contribution is 5.95. The number of hydrogen-bond acceptors (Lipinski definition) is 7. The molecule has 5 rings (SSSR count). The Morgan fingerprint density at radius 1 is 1.18 bits per heavy atom. The van der Waals surface area contributed by atoms with Crippen LogP contribution in [0.1, 0.15) is 5.56 Å². The van der Waals surface area contributed by atoms with Crippen LogP contribution in [0.4, 0.5) is 11.5 Å². The lowest BCUT2D eigenvalue weighted by Gasteiger charge is -2.26. The van der Waals surface area contributed by atoms with Crippen molar-refractivity contribution in [3.63, 3.8) is 0 Å². The molecule has 1 aliphatic rings. The first kappa shape index (κ1) is 22.1. The molecule has 34 heavy (non-hydrogen) atoms. The van der Waals surface area contributed by atoms with Gasteiger partial charge in [-0.1, -0.05) is 6.07 Å². The van der Waals surface area contributed by atoms with Crippen molar-refractivity contribution in [3.05, 3.63) is 77.0 Å². The molecule has 0 unspecified atom stereocenters. The minimum absolute atomic E-state index is 0.195. The smallest absolute Gasteiger partial charge is 0.259 e. The molecular formula is C26H27N5O3. The third-order valence-corrected chi connectivity index (χ3v) is 5.95. The maximum absolute atomic E-state index is 12.7. The maximum atomic E-state index is 12.7. The lowest BCUT2D eigenvalue weighted by Crippen LogP contribution is -2.38. The van der Waals surface area contributed by atoms with Gasteiger partial charge in [0.1, 0.15) is 18.2 Å². The summed E-state index contributed by atoms with van der Waals surface area (Å²) >= 11 is 0. The van der Waals surface area contributed by atoms with Crippen molar-refractivity contribution < 1.29 is 9.47 Å². The van der Waals surface area contributed by atoms with E-state index >= 15 is 0 Å². The number of ether oxygens (including phenoxy) is 2. The topological polar surface area (TPSA) is 92.4 Å². The van der Waals surface area contributed by atoms with Gasteiger partial charge in [0, 0.05) is 55.5 Å². The predicted molar refractivity (Wildman–Crippen MR) is 133 cm³/mol. The van der Waals surface area contributed by atoms with Crippen LogP contribution < -0.4 is 15.6 Å². The molecule has 1 aliphatic heterocycles. The average molecular weight is 458 g/mol. The number of anilines is 2. The van der Waals surface area contributed by atoms with Crippen LogP contribution in [-0.2, 0) is 4.74 Å². The number of H-pyrrole nitrogens is 1. The summed E-state index contributed by atoms with van der Waals surface area (Å²) in [5, 5.41) is 4.65. The fourth-order valence-corrected chi connectivity index (χ4v) is 4.09. The highest BCUT2D eigenvalue weighted by Crippen LogP contribution is 2.29. The lowest BCUT2D eigenvalue weighted by molar-refractivity contribution is 0.0322. The minimum atomic E-state index is -0.195. The molecule has 174 valence electrons. The number of aryl methyl sites for hydroxylation is 1. The van der Waals surface area contributed by atoms with Crippen molar-refractivity contribution in [2.75, 3.05) is 44.8 Å². The molecule has 0 aliphatic carbocycles. The van der Waals surface area contributed by atoms with E-state index in [0.29, 0.717) is 17.8 Å². The van der Waals surface area contributed by atoms with Crippen LogP contribution in [0, 0.1) is 6.92 Å². The van der Waals surface area contributed by atoms with Crippen LogP contribution in [0.25, 0.3) is 22.0 Å². The van der Waals surface area contributed by atoms with E-state index in [2.05, 4.69) is 20.2 Å². The quantitative estimate of drug-likeness (QED) is 0.437. The van der Waals surface area contributed by atoms with Crippen LogP contribution in [0.2, 0.25) is 0 Å². The summed E-state index contributed by atoms with van der Waals surface area (Å²) in [4.78, 5) is 26.8. The van der Waals surface area contributed by atoms with E-state index in [9.17, 15) is 4.79 Å². The van der Waals surface area contributed by atoms with Crippen LogP contribution in [0.5, 0.6) is 5.75 Å². The number of aromatic amines is 1. The molecule has 2 N–H and O–H groups in total. The number of aromatic nitrogens is 3. The van der Waals surface area contributed by atoms with Crippen LogP contribution in [0.15, 0.2) is 65.8 Å². The first-order valence-corrected chi connectivity index (χ1v) is 11.4. The highest BCUT2D eigenvalue weighted by Gasteiger charge is 2.13. The Labute approximate surface area is 197 Å². The lowest BCUT2D eigenvalue weighted by atomic mass is 10.1. The van der Waals surface area contributed by atoms with Gasteiger partial charge in [-0.25, -0.2) is 4.98 Å².